The molecule has 0 fully saturated rings. The molecular formula is C21H38NO5+. The first-order valence-electron chi connectivity index (χ1n) is 9.83. The van der Waals surface area contributed by atoms with Gasteiger partial charge in [0.2, 0.25) is 0 Å². The minimum Gasteiger partial charge on any atom is -0.481 e. The van der Waals surface area contributed by atoms with Crippen molar-refractivity contribution in [1.29, 1.82) is 0 Å². The maximum atomic E-state index is 12.0. The Labute approximate surface area is 164 Å². The van der Waals surface area contributed by atoms with E-state index in [1.165, 1.54) is 12.8 Å². The van der Waals surface area contributed by atoms with Crippen LogP contribution in [-0.2, 0) is 14.3 Å². The van der Waals surface area contributed by atoms with Crippen LogP contribution in [0.15, 0.2) is 24.3 Å². The standard InChI is InChI=1S/C21H37NO5/c1-5-6-7-8-9-10-11-12-13-14-18(23)15-21(26)27-19(16-20(24)25)17-22(2,3)4/h8-9,11-12,18-19,23H,5-7,10,13-17H2,1-4H3/p+1/b9-8+,12-11+. The van der Waals surface area contributed by atoms with Gasteiger partial charge in [0, 0.05) is 0 Å². The molecule has 2 N–H and O–H groups in total. The largest absolute Gasteiger partial charge is 0.481 e. The highest BCUT2D eigenvalue weighted by atomic mass is 16.5. The SMILES string of the molecule is CCCC/C=C/C/C=C/CCC(O)CC(=O)OC(CC(=O)O)C[N+](C)(C)C. The molecule has 27 heavy (non-hydrogen) atoms. The molecule has 0 amide bonds. The third-order valence-corrected chi connectivity index (χ3v) is 3.85. The highest BCUT2D eigenvalue weighted by Crippen LogP contribution is 2.10. The van der Waals surface area contributed by atoms with Crippen LogP contribution in [0.2, 0.25) is 0 Å². The van der Waals surface area contributed by atoms with Crippen molar-refractivity contribution in [2.75, 3.05) is 27.7 Å². The van der Waals surface area contributed by atoms with E-state index in [0.29, 0.717) is 23.9 Å². The first kappa shape index (κ1) is 25.3. The number of carboxylic acids is 1. The summed E-state index contributed by atoms with van der Waals surface area (Å²) in [5, 5.41) is 18.9. The highest BCUT2D eigenvalue weighted by molar-refractivity contribution is 5.71. The third kappa shape index (κ3) is 17.5. The first-order chi connectivity index (χ1) is 12.6. The Bertz CT molecular complexity index is 479. The molecule has 0 saturated heterocycles. The Kier molecular flexibility index (Phi) is 13.5. The van der Waals surface area contributed by atoms with Crippen LogP contribution in [0.4, 0.5) is 0 Å². The molecule has 0 aromatic rings. The molecule has 0 aliphatic carbocycles. The lowest BCUT2D eigenvalue weighted by Gasteiger charge is -2.28. The molecular weight excluding hydrogens is 346 g/mol. The van der Waals surface area contributed by atoms with Gasteiger partial charge in [0.15, 0.2) is 6.10 Å². The third-order valence-electron chi connectivity index (χ3n) is 3.85. The van der Waals surface area contributed by atoms with Gasteiger partial charge in [-0.25, -0.2) is 0 Å². The number of aliphatic hydroxyl groups is 1. The van der Waals surface area contributed by atoms with E-state index < -0.39 is 24.1 Å². The predicted molar refractivity (Wildman–Crippen MR) is 107 cm³/mol. The molecule has 6 nitrogen and oxygen atoms in total. The summed E-state index contributed by atoms with van der Waals surface area (Å²) in [6.07, 6.45) is 12.1. The Morgan fingerprint density at radius 3 is 2.22 bits per heavy atom. The lowest BCUT2D eigenvalue weighted by Crippen LogP contribution is -2.44. The zero-order valence-electron chi connectivity index (χ0n) is 17.4. The van der Waals surface area contributed by atoms with Gasteiger partial charge in [-0.2, -0.15) is 0 Å². The molecule has 0 bridgehead atoms. The summed E-state index contributed by atoms with van der Waals surface area (Å²) in [6, 6.07) is 0. The van der Waals surface area contributed by atoms with E-state index in [4.69, 9.17) is 9.84 Å². The second-order valence-electron chi connectivity index (χ2n) is 7.94. The minimum absolute atomic E-state index is 0.113. The highest BCUT2D eigenvalue weighted by Gasteiger charge is 2.25. The van der Waals surface area contributed by atoms with Crippen molar-refractivity contribution in [3.8, 4) is 0 Å². The Balaban J connectivity index is 4.13. The second kappa shape index (κ2) is 14.4. The fraction of sp³-hybridized carbons (Fsp3) is 0.714. The van der Waals surface area contributed by atoms with E-state index in [-0.39, 0.29) is 12.8 Å². The van der Waals surface area contributed by atoms with Gasteiger partial charge >= 0.3 is 11.9 Å². The molecule has 0 rings (SSSR count). The van der Waals surface area contributed by atoms with Crippen LogP contribution >= 0.6 is 0 Å². The summed E-state index contributed by atoms with van der Waals surface area (Å²) in [7, 11) is 5.72. The minimum atomic E-state index is -1.00. The van der Waals surface area contributed by atoms with E-state index in [9.17, 15) is 14.7 Å². The van der Waals surface area contributed by atoms with E-state index in [0.717, 1.165) is 12.8 Å². The van der Waals surface area contributed by atoms with Crippen LogP contribution in [0.1, 0.15) is 58.3 Å². The molecule has 156 valence electrons. The van der Waals surface area contributed by atoms with Crippen LogP contribution in [0.3, 0.4) is 0 Å². The van der Waals surface area contributed by atoms with Crippen molar-refractivity contribution in [3.63, 3.8) is 0 Å². The predicted octanol–water partition coefficient (Wildman–Crippen LogP) is 3.30. The van der Waals surface area contributed by atoms with Crippen LogP contribution in [-0.4, -0.2) is 66.5 Å². The monoisotopic (exact) mass is 384 g/mol. The zero-order chi connectivity index (χ0) is 20.7. The average Bonchev–Trinajstić information content (AvgIpc) is 2.50. The fourth-order valence-corrected chi connectivity index (χ4v) is 2.59. The number of carbonyl (C=O) groups is 2. The van der Waals surface area contributed by atoms with E-state index in [1.54, 1.807) is 0 Å². The van der Waals surface area contributed by atoms with Crippen molar-refractivity contribution in [1.82, 2.24) is 0 Å². The quantitative estimate of drug-likeness (QED) is 0.196. The number of allylic oxidation sites excluding steroid dienone is 4. The van der Waals surface area contributed by atoms with E-state index >= 15 is 0 Å². The number of ether oxygens (including phenoxy) is 1. The molecule has 0 radical (unpaired) electrons. The molecule has 0 aliphatic heterocycles. The number of nitrogens with zero attached hydrogens (tertiary/aromatic N) is 1. The summed E-state index contributed by atoms with van der Waals surface area (Å²) in [5.74, 6) is -1.55. The number of likely N-dealkylation sites (N-methyl/N-ethyl adjacent to an activating group) is 1. The van der Waals surface area contributed by atoms with Gasteiger partial charge in [0.05, 0.1) is 40.1 Å². The summed E-state index contributed by atoms with van der Waals surface area (Å²) < 4.78 is 5.77. The summed E-state index contributed by atoms with van der Waals surface area (Å²) in [6.45, 7) is 2.58. The molecule has 2 unspecified atom stereocenters. The van der Waals surface area contributed by atoms with Gasteiger partial charge in [-0.05, 0) is 25.7 Å². The summed E-state index contributed by atoms with van der Waals surface area (Å²) in [4.78, 5) is 22.9. The van der Waals surface area contributed by atoms with Crippen LogP contribution in [0.5, 0.6) is 0 Å². The van der Waals surface area contributed by atoms with Gasteiger partial charge in [-0.15, -0.1) is 0 Å². The Morgan fingerprint density at radius 2 is 1.67 bits per heavy atom. The smallest absolute Gasteiger partial charge is 0.308 e. The van der Waals surface area contributed by atoms with Crippen molar-refractivity contribution >= 4 is 11.9 Å². The van der Waals surface area contributed by atoms with Gasteiger partial charge in [-0.1, -0.05) is 44.1 Å². The number of esters is 1. The maximum absolute atomic E-state index is 12.0. The van der Waals surface area contributed by atoms with E-state index in [2.05, 4.69) is 25.2 Å². The number of hydrogen-bond donors (Lipinski definition) is 2. The van der Waals surface area contributed by atoms with Crippen molar-refractivity contribution in [2.24, 2.45) is 0 Å². The molecule has 0 aliphatic rings. The second-order valence-corrected chi connectivity index (χ2v) is 7.94. The Morgan fingerprint density at radius 1 is 1.04 bits per heavy atom. The lowest BCUT2D eigenvalue weighted by atomic mass is 10.1. The molecule has 6 heteroatoms. The summed E-state index contributed by atoms with van der Waals surface area (Å²) in [5.41, 5.74) is 0. The molecule has 2 atom stereocenters. The van der Waals surface area contributed by atoms with Crippen LogP contribution < -0.4 is 0 Å². The molecule has 0 saturated carbocycles. The fourth-order valence-electron chi connectivity index (χ4n) is 2.59. The average molecular weight is 385 g/mol. The van der Waals surface area contributed by atoms with Gasteiger partial charge in [0.1, 0.15) is 6.54 Å². The molecule has 0 heterocycles. The molecule has 0 aromatic heterocycles. The number of quaternary nitrogens is 1. The first-order valence-corrected chi connectivity index (χ1v) is 9.83. The normalized spacial score (nSPS) is 14.6. The van der Waals surface area contributed by atoms with E-state index in [1.807, 2.05) is 27.2 Å². The van der Waals surface area contributed by atoms with Crippen LogP contribution in [0.25, 0.3) is 0 Å². The van der Waals surface area contributed by atoms with Crippen LogP contribution in [0, 0.1) is 0 Å². The number of aliphatic carboxylic acids is 1. The van der Waals surface area contributed by atoms with Gasteiger partial charge in [-0.3, -0.25) is 9.59 Å². The zero-order valence-corrected chi connectivity index (χ0v) is 17.4. The lowest BCUT2D eigenvalue weighted by molar-refractivity contribution is -0.873. The topological polar surface area (TPSA) is 83.8 Å². The van der Waals surface area contributed by atoms with Crippen molar-refractivity contribution in [3.05, 3.63) is 24.3 Å². The Hall–Kier alpha value is -1.66. The molecule has 0 spiro atoms. The number of aliphatic hydroxyl groups excluding tert-OH is 1. The summed E-state index contributed by atoms with van der Waals surface area (Å²) >= 11 is 0. The van der Waals surface area contributed by atoms with Crippen molar-refractivity contribution in [2.45, 2.75) is 70.5 Å². The number of hydrogen-bond acceptors (Lipinski definition) is 4. The number of carbonyl (C=O) groups excluding carboxylic acids is 1. The number of rotatable bonds is 15. The van der Waals surface area contributed by atoms with Crippen molar-refractivity contribution < 1.29 is 29.0 Å². The van der Waals surface area contributed by atoms with Gasteiger partial charge in [0.25, 0.3) is 0 Å². The molecule has 0 aromatic carbocycles. The number of carboxylic acid groups (broad SMARTS) is 1. The maximum Gasteiger partial charge on any atom is 0.308 e. The number of unbranched alkanes of at least 4 members (excludes halogenated alkanes) is 2. The van der Waals surface area contributed by atoms with Gasteiger partial charge < -0.3 is 19.4 Å².